The van der Waals surface area contributed by atoms with E-state index in [0.29, 0.717) is 5.89 Å². The van der Waals surface area contributed by atoms with E-state index >= 15 is 0 Å². The molecule has 1 aromatic carbocycles. The molecular formula is C15H19N3O2. The largest absolute Gasteiger partial charge is 0.496 e. The Morgan fingerprint density at radius 2 is 2.25 bits per heavy atom. The van der Waals surface area contributed by atoms with Crippen LogP contribution in [0.3, 0.4) is 0 Å². The molecule has 106 valence electrons. The number of piperidine rings is 1. The predicted octanol–water partition coefficient (Wildman–Crippen LogP) is 2.87. The van der Waals surface area contributed by atoms with E-state index in [0.717, 1.165) is 35.7 Å². The lowest BCUT2D eigenvalue weighted by atomic mass is 10.0. The van der Waals surface area contributed by atoms with Crippen LogP contribution < -0.4 is 10.1 Å². The predicted molar refractivity (Wildman–Crippen MR) is 75.6 cm³/mol. The minimum absolute atomic E-state index is 0.216. The van der Waals surface area contributed by atoms with Gasteiger partial charge in [0.1, 0.15) is 5.75 Å². The fraction of sp³-hybridized carbons (Fsp3) is 0.467. The van der Waals surface area contributed by atoms with Crippen LogP contribution >= 0.6 is 0 Å². The lowest BCUT2D eigenvalue weighted by Gasteiger charge is -2.19. The minimum atomic E-state index is 0.216. The summed E-state index contributed by atoms with van der Waals surface area (Å²) in [5, 5.41) is 7.53. The molecule has 0 aliphatic carbocycles. The van der Waals surface area contributed by atoms with E-state index in [-0.39, 0.29) is 6.04 Å². The summed E-state index contributed by atoms with van der Waals surface area (Å²) in [6, 6.07) is 6.12. The Balaban J connectivity index is 1.85. The Bertz CT molecular complexity index is 589. The second-order valence-electron chi connectivity index (χ2n) is 5.14. The number of rotatable bonds is 3. The van der Waals surface area contributed by atoms with Crippen LogP contribution in [0.4, 0.5) is 0 Å². The summed E-state index contributed by atoms with van der Waals surface area (Å²) in [5.74, 6) is 2.13. The molecule has 1 unspecified atom stereocenters. The van der Waals surface area contributed by atoms with Crippen molar-refractivity contribution in [2.45, 2.75) is 32.2 Å². The molecule has 0 saturated carbocycles. The second kappa shape index (κ2) is 5.63. The number of methoxy groups -OCH3 is 1. The maximum atomic E-state index is 5.39. The summed E-state index contributed by atoms with van der Waals surface area (Å²) in [4.78, 5) is 4.51. The quantitative estimate of drug-likeness (QED) is 0.931. The van der Waals surface area contributed by atoms with E-state index in [1.807, 2.05) is 25.1 Å². The van der Waals surface area contributed by atoms with Gasteiger partial charge in [0.05, 0.1) is 13.2 Å². The van der Waals surface area contributed by atoms with Gasteiger partial charge in [0.25, 0.3) is 5.89 Å². The zero-order valence-electron chi connectivity index (χ0n) is 11.8. The highest BCUT2D eigenvalue weighted by Crippen LogP contribution is 2.27. The number of hydrogen-bond acceptors (Lipinski definition) is 5. The standard InChI is InChI=1S/C15H19N3O2/c1-10-6-7-11(9-13(10)19-2)15-17-14(18-20-15)12-5-3-4-8-16-12/h6-7,9,12,16H,3-5,8H2,1-2H3. The molecule has 1 saturated heterocycles. The van der Waals surface area contributed by atoms with E-state index in [2.05, 4.69) is 15.5 Å². The number of aromatic nitrogens is 2. The van der Waals surface area contributed by atoms with Crippen molar-refractivity contribution in [3.8, 4) is 17.2 Å². The molecule has 0 radical (unpaired) electrons. The highest BCUT2D eigenvalue weighted by Gasteiger charge is 2.21. The number of nitrogens with one attached hydrogen (secondary N) is 1. The SMILES string of the molecule is COc1cc(-c2nc(C3CCCCN3)no2)ccc1C. The third kappa shape index (κ3) is 2.54. The fourth-order valence-electron chi connectivity index (χ4n) is 2.52. The summed E-state index contributed by atoms with van der Waals surface area (Å²) < 4.78 is 10.7. The number of ether oxygens (including phenoxy) is 1. The van der Waals surface area contributed by atoms with Crippen molar-refractivity contribution in [1.29, 1.82) is 0 Å². The molecule has 1 aliphatic heterocycles. The number of nitrogens with zero attached hydrogens (tertiary/aromatic N) is 2. The molecule has 0 bridgehead atoms. The van der Waals surface area contributed by atoms with Crippen LogP contribution in [0.2, 0.25) is 0 Å². The zero-order valence-corrected chi connectivity index (χ0v) is 11.8. The van der Waals surface area contributed by atoms with Crippen LogP contribution in [0.15, 0.2) is 22.7 Å². The Morgan fingerprint density at radius 3 is 3.00 bits per heavy atom. The molecule has 0 spiro atoms. The molecule has 1 atom stereocenters. The first-order valence-electron chi connectivity index (χ1n) is 7.00. The Hall–Kier alpha value is -1.88. The molecule has 5 heteroatoms. The van der Waals surface area contributed by atoms with Crippen LogP contribution in [0.1, 0.15) is 36.7 Å². The molecule has 2 aromatic rings. The van der Waals surface area contributed by atoms with Crippen molar-refractivity contribution < 1.29 is 9.26 Å². The van der Waals surface area contributed by atoms with Gasteiger partial charge in [-0.25, -0.2) is 0 Å². The van der Waals surface area contributed by atoms with Gasteiger partial charge in [-0.2, -0.15) is 4.98 Å². The molecule has 1 aromatic heterocycles. The Labute approximate surface area is 118 Å². The first kappa shape index (κ1) is 13.1. The van der Waals surface area contributed by atoms with Crippen molar-refractivity contribution in [1.82, 2.24) is 15.5 Å². The lowest BCUT2D eigenvalue weighted by Crippen LogP contribution is -2.27. The molecule has 1 N–H and O–H groups in total. The van der Waals surface area contributed by atoms with E-state index in [1.54, 1.807) is 7.11 Å². The first-order chi connectivity index (χ1) is 9.78. The van der Waals surface area contributed by atoms with E-state index in [1.165, 1.54) is 12.8 Å². The number of hydrogen-bond donors (Lipinski definition) is 1. The third-order valence-corrected chi connectivity index (χ3v) is 3.72. The molecule has 1 aliphatic rings. The van der Waals surface area contributed by atoms with Gasteiger partial charge in [0, 0.05) is 5.56 Å². The lowest BCUT2D eigenvalue weighted by molar-refractivity contribution is 0.367. The van der Waals surface area contributed by atoms with Crippen LogP contribution in [-0.2, 0) is 0 Å². The van der Waals surface area contributed by atoms with Gasteiger partial charge < -0.3 is 14.6 Å². The van der Waals surface area contributed by atoms with Crippen LogP contribution in [-0.4, -0.2) is 23.8 Å². The second-order valence-corrected chi connectivity index (χ2v) is 5.14. The van der Waals surface area contributed by atoms with Crippen molar-refractivity contribution >= 4 is 0 Å². The summed E-state index contributed by atoms with van der Waals surface area (Å²) in [6.07, 6.45) is 3.49. The fourth-order valence-corrected chi connectivity index (χ4v) is 2.52. The van der Waals surface area contributed by atoms with Crippen molar-refractivity contribution in [3.63, 3.8) is 0 Å². The molecule has 3 rings (SSSR count). The molecule has 20 heavy (non-hydrogen) atoms. The Kier molecular flexibility index (Phi) is 3.69. The van der Waals surface area contributed by atoms with E-state index in [4.69, 9.17) is 9.26 Å². The first-order valence-corrected chi connectivity index (χ1v) is 7.00. The third-order valence-electron chi connectivity index (χ3n) is 3.72. The van der Waals surface area contributed by atoms with Gasteiger partial charge in [0.2, 0.25) is 0 Å². The molecule has 0 amide bonds. The summed E-state index contributed by atoms with van der Waals surface area (Å²) in [6.45, 7) is 3.03. The van der Waals surface area contributed by atoms with Crippen molar-refractivity contribution in [3.05, 3.63) is 29.6 Å². The molecule has 1 fully saturated rings. The van der Waals surface area contributed by atoms with Crippen molar-refractivity contribution in [2.75, 3.05) is 13.7 Å². The van der Waals surface area contributed by atoms with Gasteiger partial charge >= 0.3 is 0 Å². The average Bonchev–Trinajstić information content (AvgIpc) is 2.98. The normalized spacial score (nSPS) is 19.0. The smallest absolute Gasteiger partial charge is 0.258 e. The highest BCUT2D eigenvalue weighted by molar-refractivity contribution is 5.57. The number of benzene rings is 1. The van der Waals surface area contributed by atoms with Gasteiger partial charge in [0.15, 0.2) is 5.82 Å². The molecule has 2 heterocycles. The number of aryl methyl sites for hydroxylation is 1. The summed E-state index contributed by atoms with van der Waals surface area (Å²) >= 11 is 0. The van der Waals surface area contributed by atoms with Gasteiger partial charge in [-0.15, -0.1) is 0 Å². The molecule has 5 nitrogen and oxygen atoms in total. The van der Waals surface area contributed by atoms with Crippen molar-refractivity contribution in [2.24, 2.45) is 0 Å². The van der Waals surface area contributed by atoms with E-state index in [9.17, 15) is 0 Å². The summed E-state index contributed by atoms with van der Waals surface area (Å²) in [7, 11) is 1.66. The molecular weight excluding hydrogens is 254 g/mol. The van der Waals surface area contributed by atoms with Crippen LogP contribution in [0.5, 0.6) is 5.75 Å². The van der Waals surface area contributed by atoms with Crippen LogP contribution in [0, 0.1) is 6.92 Å². The zero-order chi connectivity index (χ0) is 13.9. The highest BCUT2D eigenvalue weighted by atomic mass is 16.5. The average molecular weight is 273 g/mol. The van der Waals surface area contributed by atoms with Crippen LogP contribution in [0.25, 0.3) is 11.5 Å². The van der Waals surface area contributed by atoms with Gasteiger partial charge in [-0.1, -0.05) is 17.6 Å². The topological polar surface area (TPSA) is 60.2 Å². The minimum Gasteiger partial charge on any atom is -0.496 e. The van der Waals surface area contributed by atoms with Gasteiger partial charge in [-0.3, -0.25) is 0 Å². The maximum Gasteiger partial charge on any atom is 0.258 e. The van der Waals surface area contributed by atoms with E-state index < -0.39 is 0 Å². The summed E-state index contributed by atoms with van der Waals surface area (Å²) in [5.41, 5.74) is 1.98. The monoisotopic (exact) mass is 273 g/mol. The maximum absolute atomic E-state index is 5.39. The Morgan fingerprint density at radius 1 is 1.35 bits per heavy atom. The van der Waals surface area contributed by atoms with Gasteiger partial charge in [-0.05, 0) is 44.0 Å².